The van der Waals surface area contributed by atoms with Crippen molar-refractivity contribution in [2.24, 2.45) is 5.92 Å². The van der Waals surface area contributed by atoms with E-state index in [4.69, 9.17) is 9.47 Å². The van der Waals surface area contributed by atoms with Crippen LogP contribution in [0.1, 0.15) is 52.2 Å². The third-order valence-electron chi connectivity index (χ3n) is 4.99. The molecular weight excluding hydrogens is 308 g/mol. The number of thiophene rings is 1. The van der Waals surface area contributed by atoms with Gasteiger partial charge < -0.3 is 9.47 Å². The maximum absolute atomic E-state index is 12.0. The Kier molecular flexibility index (Phi) is 4.74. The molecule has 0 radical (unpaired) electrons. The van der Waals surface area contributed by atoms with Gasteiger partial charge in [0.1, 0.15) is 4.88 Å². The lowest BCUT2D eigenvalue weighted by molar-refractivity contribution is -0.0433. The molecule has 1 fully saturated rings. The molecule has 124 valence electrons. The number of aryl methyl sites for hydroxylation is 1. The zero-order valence-electron chi connectivity index (χ0n) is 13.9. The van der Waals surface area contributed by atoms with Gasteiger partial charge in [0, 0.05) is 10.4 Å². The van der Waals surface area contributed by atoms with Gasteiger partial charge >= 0.3 is 5.97 Å². The average Bonchev–Trinajstić information content (AvgIpc) is 2.97. The Morgan fingerprint density at radius 2 is 2.17 bits per heavy atom. The molecule has 1 aliphatic carbocycles. The van der Waals surface area contributed by atoms with Crippen LogP contribution in [0, 0.1) is 12.8 Å². The normalized spacial score (nSPS) is 27.1. The fourth-order valence-corrected chi connectivity index (χ4v) is 4.62. The average molecular weight is 332 g/mol. The minimum absolute atomic E-state index is 0.0508. The van der Waals surface area contributed by atoms with Crippen molar-refractivity contribution in [2.75, 3.05) is 13.7 Å². The molecule has 0 N–H and O–H groups in total. The SMILES string of the molecule is C=C(c1cc(C)sc1C(=O)OC)C1CCC2(C=CCCO2)CC1. The van der Waals surface area contributed by atoms with Crippen LogP contribution >= 0.6 is 11.3 Å². The summed E-state index contributed by atoms with van der Waals surface area (Å²) in [6.45, 7) is 7.16. The monoisotopic (exact) mass is 332 g/mol. The maximum Gasteiger partial charge on any atom is 0.348 e. The minimum Gasteiger partial charge on any atom is -0.465 e. The largest absolute Gasteiger partial charge is 0.465 e. The Balaban J connectivity index is 1.74. The smallest absolute Gasteiger partial charge is 0.348 e. The highest BCUT2D eigenvalue weighted by atomic mass is 32.1. The van der Waals surface area contributed by atoms with E-state index in [1.54, 1.807) is 0 Å². The van der Waals surface area contributed by atoms with Crippen LogP contribution in [-0.2, 0) is 9.47 Å². The molecule has 0 amide bonds. The Morgan fingerprint density at radius 1 is 1.43 bits per heavy atom. The minimum atomic E-state index is -0.259. The number of allylic oxidation sites excluding steroid dienone is 1. The number of carbonyl (C=O) groups excluding carboxylic acids is 1. The number of ether oxygens (including phenoxy) is 2. The van der Waals surface area contributed by atoms with E-state index in [0.717, 1.165) is 54.7 Å². The van der Waals surface area contributed by atoms with E-state index in [9.17, 15) is 4.79 Å². The molecule has 3 nitrogen and oxygen atoms in total. The summed E-state index contributed by atoms with van der Waals surface area (Å²) in [5.41, 5.74) is 2.00. The van der Waals surface area contributed by atoms with Gasteiger partial charge in [-0.1, -0.05) is 18.7 Å². The van der Waals surface area contributed by atoms with Crippen LogP contribution < -0.4 is 0 Å². The quantitative estimate of drug-likeness (QED) is 0.591. The van der Waals surface area contributed by atoms with Crippen molar-refractivity contribution in [3.8, 4) is 0 Å². The van der Waals surface area contributed by atoms with Gasteiger partial charge in [0.05, 0.1) is 19.3 Å². The van der Waals surface area contributed by atoms with Crippen molar-refractivity contribution in [3.63, 3.8) is 0 Å². The Labute approximate surface area is 142 Å². The molecule has 1 aromatic rings. The molecule has 1 aromatic heterocycles. The molecule has 1 saturated carbocycles. The summed E-state index contributed by atoms with van der Waals surface area (Å²) in [4.78, 5) is 13.8. The summed E-state index contributed by atoms with van der Waals surface area (Å²) in [6, 6.07) is 2.07. The Hall–Kier alpha value is -1.39. The van der Waals surface area contributed by atoms with Gasteiger partial charge in [0.15, 0.2) is 0 Å². The molecule has 0 bridgehead atoms. The first kappa shape index (κ1) is 16.5. The van der Waals surface area contributed by atoms with Crippen LogP contribution in [0.25, 0.3) is 5.57 Å². The lowest BCUT2D eigenvalue weighted by Gasteiger charge is -2.40. The van der Waals surface area contributed by atoms with Gasteiger partial charge in [0.2, 0.25) is 0 Å². The number of methoxy groups -OCH3 is 1. The second-order valence-corrected chi connectivity index (χ2v) is 7.75. The van der Waals surface area contributed by atoms with E-state index in [2.05, 4.69) is 24.8 Å². The standard InChI is InChI=1S/C19H24O3S/c1-13-12-16(17(23-13)18(20)21-3)14(2)15-6-9-19(10-7-15)8-4-5-11-22-19/h4,8,12,15H,2,5-7,9-11H2,1,3H3. The first-order chi connectivity index (χ1) is 11.0. The van der Waals surface area contributed by atoms with E-state index in [0.29, 0.717) is 10.8 Å². The fraction of sp³-hybridized carbons (Fsp3) is 0.526. The molecule has 23 heavy (non-hydrogen) atoms. The molecule has 0 atom stereocenters. The highest BCUT2D eigenvalue weighted by Crippen LogP contribution is 2.43. The maximum atomic E-state index is 12.0. The van der Waals surface area contributed by atoms with Crippen LogP contribution in [0.15, 0.2) is 24.8 Å². The fourth-order valence-electron chi connectivity index (χ4n) is 3.66. The molecule has 3 rings (SSSR count). The van der Waals surface area contributed by atoms with Crippen molar-refractivity contribution in [1.29, 1.82) is 0 Å². The molecular formula is C19H24O3S. The first-order valence-electron chi connectivity index (χ1n) is 8.24. The predicted octanol–water partition coefficient (Wildman–Crippen LogP) is 4.76. The number of rotatable bonds is 3. The van der Waals surface area contributed by atoms with Gasteiger partial charge in [0.25, 0.3) is 0 Å². The predicted molar refractivity (Wildman–Crippen MR) is 93.8 cm³/mol. The molecule has 1 spiro atoms. The third-order valence-corrected chi connectivity index (χ3v) is 6.02. The summed E-state index contributed by atoms with van der Waals surface area (Å²) in [5, 5.41) is 0. The van der Waals surface area contributed by atoms with Gasteiger partial charge in [-0.3, -0.25) is 0 Å². The van der Waals surface area contributed by atoms with Gasteiger partial charge in [-0.25, -0.2) is 4.79 Å². The Bertz CT molecular complexity index is 633. The van der Waals surface area contributed by atoms with Crippen LogP contribution in [0.2, 0.25) is 0 Å². The number of esters is 1. The number of hydrogen-bond acceptors (Lipinski definition) is 4. The molecule has 0 aromatic carbocycles. The lowest BCUT2D eigenvalue weighted by atomic mass is 9.74. The van der Waals surface area contributed by atoms with Crippen LogP contribution in [0.3, 0.4) is 0 Å². The van der Waals surface area contributed by atoms with Crippen LogP contribution in [0.4, 0.5) is 0 Å². The van der Waals surface area contributed by atoms with Crippen molar-refractivity contribution >= 4 is 22.9 Å². The summed E-state index contributed by atoms with van der Waals surface area (Å²) in [5.74, 6) is 0.155. The van der Waals surface area contributed by atoms with Gasteiger partial charge in [-0.2, -0.15) is 0 Å². The van der Waals surface area contributed by atoms with Crippen molar-refractivity contribution in [1.82, 2.24) is 0 Å². The molecule has 0 saturated heterocycles. The van der Waals surface area contributed by atoms with E-state index >= 15 is 0 Å². The summed E-state index contributed by atoms with van der Waals surface area (Å²) < 4.78 is 11.0. The summed E-state index contributed by atoms with van der Waals surface area (Å²) >= 11 is 1.49. The highest BCUT2D eigenvalue weighted by molar-refractivity contribution is 7.14. The van der Waals surface area contributed by atoms with Crippen molar-refractivity contribution in [3.05, 3.63) is 40.1 Å². The first-order valence-corrected chi connectivity index (χ1v) is 9.06. The zero-order valence-corrected chi connectivity index (χ0v) is 14.7. The van der Waals surface area contributed by atoms with Gasteiger partial charge in [-0.05, 0) is 56.6 Å². The molecule has 0 unspecified atom stereocenters. The second kappa shape index (κ2) is 6.62. The van der Waals surface area contributed by atoms with Crippen molar-refractivity contribution in [2.45, 2.75) is 44.6 Å². The molecule has 2 aliphatic rings. The highest BCUT2D eigenvalue weighted by Gasteiger charge is 2.36. The molecule has 1 aliphatic heterocycles. The topological polar surface area (TPSA) is 35.5 Å². The van der Waals surface area contributed by atoms with E-state index in [1.165, 1.54) is 18.4 Å². The molecule has 2 heterocycles. The van der Waals surface area contributed by atoms with E-state index < -0.39 is 0 Å². The van der Waals surface area contributed by atoms with Crippen LogP contribution in [0.5, 0.6) is 0 Å². The number of carbonyl (C=O) groups is 1. The van der Waals surface area contributed by atoms with E-state index in [-0.39, 0.29) is 11.6 Å². The van der Waals surface area contributed by atoms with Crippen molar-refractivity contribution < 1.29 is 14.3 Å². The van der Waals surface area contributed by atoms with Gasteiger partial charge in [-0.15, -0.1) is 11.3 Å². The second-order valence-electron chi connectivity index (χ2n) is 6.50. The summed E-state index contributed by atoms with van der Waals surface area (Å²) in [6.07, 6.45) is 9.69. The zero-order chi connectivity index (χ0) is 16.4. The van der Waals surface area contributed by atoms with E-state index in [1.807, 2.05) is 6.92 Å². The lowest BCUT2D eigenvalue weighted by Crippen LogP contribution is -2.37. The summed E-state index contributed by atoms with van der Waals surface area (Å²) in [7, 11) is 1.43. The number of hydrogen-bond donors (Lipinski definition) is 0. The Morgan fingerprint density at radius 3 is 2.78 bits per heavy atom. The van der Waals surface area contributed by atoms with Crippen LogP contribution in [-0.4, -0.2) is 25.3 Å². The third kappa shape index (κ3) is 3.29. The molecule has 4 heteroatoms.